The third kappa shape index (κ3) is 14.7. The number of hydrogen-bond donors (Lipinski definition) is 0. The molecule has 450 valence electrons. The number of ether oxygens (including phenoxy) is 4. The van der Waals surface area contributed by atoms with Crippen molar-refractivity contribution in [2.75, 3.05) is 26.4 Å². The number of rotatable bonds is 14. The fourth-order valence-electron chi connectivity index (χ4n) is 11.9. The summed E-state index contributed by atoms with van der Waals surface area (Å²) in [6.45, 7) is 11.5. The molecule has 11 aromatic rings. The lowest BCUT2D eigenvalue weighted by molar-refractivity contribution is 0.0942. The van der Waals surface area contributed by atoms with E-state index in [9.17, 15) is 4.79 Å². The zero-order valence-electron chi connectivity index (χ0n) is 51.7. The van der Waals surface area contributed by atoms with Gasteiger partial charge in [-0.1, -0.05) is 283 Å². The molecule has 2 aliphatic heterocycles. The van der Waals surface area contributed by atoms with E-state index in [0.717, 1.165) is 131 Å². The predicted molar refractivity (Wildman–Crippen MR) is 380 cm³/mol. The summed E-state index contributed by atoms with van der Waals surface area (Å²) < 4.78 is 24.6. The topological polar surface area (TPSA) is 54.0 Å². The van der Waals surface area contributed by atoms with Gasteiger partial charge in [0.2, 0.25) is 0 Å². The van der Waals surface area contributed by atoms with Crippen LogP contribution in [0.1, 0.15) is 82.1 Å². The predicted octanol–water partition coefficient (Wildman–Crippen LogP) is 22.4. The fourth-order valence-corrected chi connectivity index (χ4v) is 14.4. The average Bonchev–Trinajstić information content (AvgIpc) is 1.27. The van der Waals surface area contributed by atoms with Crippen LogP contribution in [0.3, 0.4) is 0 Å². The van der Waals surface area contributed by atoms with Crippen LogP contribution in [0.2, 0.25) is 0 Å². The summed E-state index contributed by atoms with van der Waals surface area (Å²) in [5.74, 6) is 4.74. The second-order valence-electron chi connectivity index (χ2n) is 22.7. The first-order valence-electron chi connectivity index (χ1n) is 32.0. The van der Waals surface area contributed by atoms with E-state index in [4.69, 9.17) is 18.9 Å². The van der Waals surface area contributed by atoms with E-state index in [-0.39, 0.29) is 17.0 Å². The molecule has 0 saturated heterocycles. The number of carbonyl (C=O) groups excluding carboxylic acids is 1. The molecular weight excluding hydrogens is 1130 g/mol. The molecule has 0 radical (unpaired) electrons. The maximum Gasteiger partial charge on any atom is 0.172 e. The number of benzene rings is 11. The zero-order chi connectivity index (χ0) is 61.2. The van der Waals surface area contributed by atoms with Crippen LogP contribution in [0.15, 0.2) is 265 Å². The lowest BCUT2D eigenvalue weighted by Gasteiger charge is -2.30. The van der Waals surface area contributed by atoms with Crippen LogP contribution >= 0.6 is 23.5 Å². The maximum absolute atomic E-state index is 12.2. The second-order valence-corrected chi connectivity index (χ2v) is 25.1. The van der Waals surface area contributed by atoms with E-state index in [2.05, 4.69) is 240 Å². The van der Waals surface area contributed by atoms with Gasteiger partial charge in [-0.2, -0.15) is 0 Å². The van der Waals surface area contributed by atoms with Crippen LogP contribution < -0.4 is 18.9 Å². The van der Waals surface area contributed by atoms with Gasteiger partial charge in [-0.15, -0.1) is 23.5 Å². The van der Waals surface area contributed by atoms with E-state index >= 15 is 0 Å². The van der Waals surface area contributed by atoms with E-state index in [1.165, 1.54) is 49.2 Å². The van der Waals surface area contributed by atoms with Crippen molar-refractivity contribution in [3.05, 3.63) is 266 Å². The first-order chi connectivity index (χ1) is 44.0. The molecule has 5 nitrogen and oxygen atoms in total. The SMILES string of the molecule is C1=CC2Cc3ccccc3SC2C=C1.CCCCOc1c(OCCCC)c2ccccc2c2ccccc12.CCCOc1c2ccccc2c(OCCC)c2ccccc12.O=C1c2ccccc2SC2C=CC=CC12.c1ccc2c(c1)ccc1ccccc12. The third-order valence-electron chi connectivity index (χ3n) is 16.4. The summed E-state index contributed by atoms with van der Waals surface area (Å²) in [6.07, 6.45) is 24.7. The Balaban J connectivity index is 0.000000117. The van der Waals surface area contributed by atoms with Gasteiger partial charge >= 0.3 is 0 Å². The first-order valence-corrected chi connectivity index (χ1v) is 33.7. The largest absolute Gasteiger partial charge is 0.492 e. The molecule has 0 fully saturated rings. The van der Waals surface area contributed by atoms with Gasteiger partial charge in [-0.3, -0.25) is 4.79 Å². The number of unbranched alkanes of at least 4 members (excludes halogenated alkanes) is 2. The number of ketones is 1. The lowest BCUT2D eigenvalue weighted by atomic mass is 9.91. The molecule has 4 unspecified atom stereocenters. The summed E-state index contributed by atoms with van der Waals surface area (Å²) in [5, 5.41) is 15.5. The van der Waals surface area contributed by atoms with Crippen LogP contribution in [0, 0.1) is 11.8 Å². The van der Waals surface area contributed by atoms with E-state index in [1.54, 1.807) is 11.8 Å². The van der Waals surface area contributed by atoms with Crippen LogP contribution in [0.25, 0.3) is 64.6 Å². The fraction of sp³-hybridized carbons (Fsp3) is 0.232. The average molecular weight is 1210 g/mol. The zero-order valence-corrected chi connectivity index (χ0v) is 53.3. The molecule has 0 N–H and O–H groups in total. The Bertz CT molecular complexity index is 4040. The van der Waals surface area contributed by atoms with Gasteiger partial charge in [0.15, 0.2) is 17.3 Å². The summed E-state index contributed by atoms with van der Waals surface area (Å²) in [6, 6.07) is 71.6. The Hall–Kier alpha value is -8.49. The maximum atomic E-state index is 12.2. The highest BCUT2D eigenvalue weighted by Crippen LogP contribution is 2.46. The lowest BCUT2D eigenvalue weighted by Crippen LogP contribution is -2.28. The monoisotopic (exact) mass is 1210 g/mol. The van der Waals surface area contributed by atoms with Gasteiger partial charge in [0.1, 0.15) is 11.5 Å². The van der Waals surface area contributed by atoms with E-state index < -0.39 is 0 Å². The normalized spacial score (nSPS) is 16.5. The molecule has 4 aliphatic rings. The molecule has 15 rings (SSSR count). The van der Waals surface area contributed by atoms with Gasteiger partial charge in [0.25, 0.3) is 0 Å². The molecule has 0 aromatic heterocycles. The molecule has 0 saturated carbocycles. The van der Waals surface area contributed by atoms with Crippen molar-refractivity contribution in [1.29, 1.82) is 0 Å². The summed E-state index contributed by atoms with van der Waals surface area (Å²) >= 11 is 3.79. The number of thioether (sulfide) groups is 2. The van der Waals surface area contributed by atoms with Crippen LogP contribution in [-0.2, 0) is 6.42 Å². The van der Waals surface area contributed by atoms with Gasteiger partial charge in [-0.05, 0) is 88.0 Å². The molecule has 0 amide bonds. The molecule has 0 spiro atoms. The van der Waals surface area contributed by atoms with Crippen LogP contribution in [-0.4, -0.2) is 42.7 Å². The van der Waals surface area contributed by atoms with Gasteiger partial charge in [-0.25, -0.2) is 0 Å². The highest BCUT2D eigenvalue weighted by Gasteiger charge is 2.34. The molecule has 7 heteroatoms. The number of Topliss-reactive ketones (excluding diaryl/α,β-unsaturated/α-hetero) is 1. The Morgan fingerprint density at radius 2 is 0.730 bits per heavy atom. The Kier molecular flexibility index (Phi) is 21.7. The first kappa shape index (κ1) is 62.1. The minimum Gasteiger partial charge on any atom is -0.492 e. The highest BCUT2D eigenvalue weighted by molar-refractivity contribution is 8.00. The van der Waals surface area contributed by atoms with Gasteiger partial charge in [0, 0.05) is 58.2 Å². The number of fused-ring (bicyclic) bond motifs is 12. The number of allylic oxidation sites excluding steroid dienone is 6. The molecule has 2 aliphatic carbocycles. The molecule has 89 heavy (non-hydrogen) atoms. The Labute approximate surface area is 534 Å². The van der Waals surface area contributed by atoms with Crippen LogP contribution in [0.5, 0.6) is 23.0 Å². The minimum atomic E-state index is 0.0369. The standard InChI is InChI=1S/C22H26O2.C20H22O2.C14H10.C13H10OS.C13H12S/c1-3-5-15-23-21-19-13-9-7-11-17(19)18-12-8-10-14-20(18)22(21)24-16-6-4-2;1-3-13-21-19-15-9-5-7-11-17(15)20(22-14-4-2)18-12-8-6-10-16(18)19;1-3-7-13-11(5-1)9-10-12-6-2-4-8-14(12)13;14-13-9-5-1-3-7-11(9)15-12-8-4-2-6-10(12)13;1-3-7-12-10(5-1)9-11-6-2-4-8-13(11)14-12/h7-14H,3-6,15-16H2,1-2H3;5-12H,3-4,13-14H2,1-2H3;1-10H;1-9,11H;1-8,10,12H,9H2. The summed E-state index contributed by atoms with van der Waals surface area (Å²) in [5.41, 5.74) is 2.39. The summed E-state index contributed by atoms with van der Waals surface area (Å²) in [7, 11) is 0. The molecule has 2 heterocycles. The van der Waals surface area contributed by atoms with Gasteiger partial charge in [0.05, 0.1) is 32.3 Å². The van der Waals surface area contributed by atoms with E-state index in [1.807, 2.05) is 54.3 Å². The molecule has 4 atom stereocenters. The second kappa shape index (κ2) is 31.1. The number of carbonyl (C=O) groups is 1. The van der Waals surface area contributed by atoms with E-state index in [0.29, 0.717) is 11.2 Å². The van der Waals surface area contributed by atoms with Crippen molar-refractivity contribution in [3.63, 3.8) is 0 Å². The van der Waals surface area contributed by atoms with Crippen molar-refractivity contribution >= 4 is 93.9 Å². The van der Waals surface area contributed by atoms with Crippen molar-refractivity contribution in [3.8, 4) is 23.0 Å². The third-order valence-corrected chi connectivity index (χ3v) is 19.2. The molecular formula is C82H80O5S2. The van der Waals surface area contributed by atoms with Crippen molar-refractivity contribution in [2.45, 2.75) is 92.9 Å². The molecule has 11 aromatic carbocycles. The summed E-state index contributed by atoms with van der Waals surface area (Å²) in [4.78, 5) is 14.7. The van der Waals surface area contributed by atoms with Crippen LogP contribution in [0.4, 0.5) is 0 Å². The van der Waals surface area contributed by atoms with Crippen molar-refractivity contribution in [1.82, 2.24) is 0 Å². The van der Waals surface area contributed by atoms with Crippen molar-refractivity contribution in [2.24, 2.45) is 11.8 Å². The minimum absolute atomic E-state index is 0.0369. The van der Waals surface area contributed by atoms with Crippen molar-refractivity contribution < 1.29 is 23.7 Å². The Morgan fingerprint density at radius 3 is 1.24 bits per heavy atom. The Morgan fingerprint density at radius 1 is 0.348 bits per heavy atom. The molecule has 0 bridgehead atoms. The quantitative estimate of drug-likeness (QED) is 0.0611. The smallest absolute Gasteiger partial charge is 0.172 e. The van der Waals surface area contributed by atoms with Gasteiger partial charge < -0.3 is 18.9 Å². The highest BCUT2D eigenvalue weighted by atomic mass is 32.2. The number of hydrogen-bond acceptors (Lipinski definition) is 7.